The molecule has 0 unspecified atom stereocenters. The van der Waals surface area contributed by atoms with Gasteiger partial charge in [-0.1, -0.05) is 24.3 Å². The highest BCUT2D eigenvalue weighted by atomic mass is 32.2. The first-order valence-electron chi connectivity index (χ1n) is 7.13. The van der Waals surface area contributed by atoms with Crippen LogP contribution in [0.2, 0.25) is 0 Å². The maximum Gasteiger partial charge on any atom is 0.180 e. The normalized spacial score (nSPS) is 18.6. The monoisotopic (exact) mass is 330 g/mol. The van der Waals surface area contributed by atoms with Gasteiger partial charge in [-0.15, -0.1) is 0 Å². The van der Waals surface area contributed by atoms with Crippen molar-refractivity contribution in [3.05, 3.63) is 65.0 Å². The average Bonchev–Trinajstić information content (AvgIpc) is 2.81. The van der Waals surface area contributed by atoms with E-state index in [0.717, 1.165) is 5.56 Å². The van der Waals surface area contributed by atoms with Gasteiger partial charge < -0.3 is 0 Å². The van der Waals surface area contributed by atoms with Crippen molar-refractivity contribution in [2.24, 2.45) is 0 Å². The molecule has 23 heavy (non-hydrogen) atoms. The molecule has 6 heteroatoms. The van der Waals surface area contributed by atoms with Gasteiger partial charge in [-0.25, -0.2) is 12.8 Å². The Labute approximate surface area is 134 Å². The number of nitrogens with zero attached hydrogens (tertiary/aromatic N) is 2. The van der Waals surface area contributed by atoms with E-state index in [1.165, 1.54) is 6.07 Å². The molecule has 2 aromatic carbocycles. The van der Waals surface area contributed by atoms with E-state index in [1.54, 1.807) is 37.4 Å². The van der Waals surface area contributed by atoms with E-state index in [-0.39, 0.29) is 23.9 Å². The second kappa shape index (κ2) is 5.76. The summed E-state index contributed by atoms with van der Waals surface area (Å²) < 4.78 is 38.5. The highest BCUT2D eigenvalue weighted by molar-refractivity contribution is 7.91. The quantitative estimate of drug-likeness (QED) is 0.868. The topological polar surface area (TPSA) is 61.2 Å². The number of sulfone groups is 1. The molecule has 0 aromatic heterocycles. The van der Waals surface area contributed by atoms with Crippen LogP contribution in [0.5, 0.6) is 0 Å². The third-order valence-electron chi connectivity index (χ3n) is 4.12. The summed E-state index contributed by atoms with van der Waals surface area (Å²) >= 11 is 0. The van der Waals surface area contributed by atoms with Crippen LogP contribution < -0.4 is 0 Å². The SMILES string of the molecule is CN(Cc1ccc(C#N)cc1F)[C@@H]1CS(=O)(=O)c2ccccc21. The van der Waals surface area contributed by atoms with Crippen molar-refractivity contribution >= 4 is 9.84 Å². The minimum Gasteiger partial charge on any atom is -0.294 e. The molecular weight excluding hydrogens is 315 g/mol. The van der Waals surface area contributed by atoms with E-state index in [2.05, 4.69) is 0 Å². The van der Waals surface area contributed by atoms with Gasteiger partial charge in [0.05, 0.1) is 28.3 Å². The summed E-state index contributed by atoms with van der Waals surface area (Å²) in [5.41, 5.74) is 1.46. The molecule has 0 amide bonds. The highest BCUT2D eigenvalue weighted by Crippen LogP contribution is 2.37. The number of benzene rings is 2. The Morgan fingerprint density at radius 2 is 2.04 bits per heavy atom. The smallest absolute Gasteiger partial charge is 0.180 e. The molecule has 0 saturated carbocycles. The first-order valence-corrected chi connectivity index (χ1v) is 8.78. The van der Waals surface area contributed by atoms with E-state index in [0.29, 0.717) is 10.5 Å². The van der Waals surface area contributed by atoms with Crippen LogP contribution in [-0.2, 0) is 16.4 Å². The third kappa shape index (κ3) is 2.85. The Morgan fingerprint density at radius 1 is 1.30 bits per heavy atom. The van der Waals surface area contributed by atoms with Crippen LogP contribution >= 0.6 is 0 Å². The summed E-state index contributed by atoms with van der Waals surface area (Å²) in [6.45, 7) is 0.270. The summed E-state index contributed by atoms with van der Waals surface area (Å²) in [6.07, 6.45) is 0. The van der Waals surface area contributed by atoms with Crippen LogP contribution in [0.25, 0.3) is 0 Å². The molecule has 1 aliphatic rings. The molecule has 0 aliphatic carbocycles. The molecule has 0 saturated heterocycles. The molecule has 1 atom stereocenters. The van der Waals surface area contributed by atoms with Crippen LogP contribution in [0.15, 0.2) is 47.4 Å². The summed E-state index contributed by atoms with van der Waals surface area (Å²) in [4.78, 5) is 2.19. The average molecular weight is 330 g/mol. The zero-order valence-electron chi connectivity index (χ0n) is 12.5. The van der Waals surface area contributed by atoms with Gasteiger partial charge in [0, 0.05) is 12.1 Å². The molecule has 1 aliphatic heterocycles. The fourth-order valence-electron chi connectivity index (χ4n) is 2.92. The van der Waals surface area contributed by atoms with E-state index in [4.69, 9.17) is 5.26 Å². The number of rotatable bonds is 3. The second-order valence-corrected chi connectivity index (χ2v) is 7.67. The Hall–Kier alpha value is -2.23. The highest BCUT2D eigenvalue weighted by Gasteiger charge is 2.36. The lowest BCUT2D eigenvalue weighted by Gasteiger charge is -2.24. The minimum absolute atomic E-state index is 0.000739. The number of hydrogen-bond donors (Lipinski definition) is 0. The zero-order valence-corrected chi connectivity index (χ0v) is 13.3. The molecule has 1 heterocycles. The molecule has 0 N–H and O–H groups in total. The predicted octanol–water partition coefficient (Wildman–Crippen LogP) is 2.66. The van der Waals surface area contributed by atoms with E-state index in [9.17, 15) is 12.8 Å². The van der Waals surface area contributed by atoms with E-state index >= 15 is 0 Å². The Kier molecular flexibility index (Phi) is 3.92. The van der Waals surface area contributed by atoms with Gasteiger partial charge in [0.15, 0.2) is 9.84 Å². The number of nitriles is 1. The Balaban J connectivity index is 1.88. The maximum atomic E-state index is 14.0. The van der Waals surface area contributed by atoms with Crippen LogP contribution in [0, 0.1) is 17.1 Å². The van der Waals surface area contributed by atoms with E-state index in [1.807, 2.05) is 17.0 Å². The lowest BCUT2D eigenvalue weighted by atomic mass is 10.1. The molecule has 0 spiro atoms. The Bertz CT molecular complexity index is 903. The Morgan fingerprint density at radius 3 is 2.74 bits per heavy atom. The summed E-state index contributed by atoms with van der Waals surface area (Å²) in [7, 11) is -1.51. The molecule has 0 radical (unpaired) electrons. The zero-order chi connectivity index (χ0) is 16.6. The van der Waals surface area contributed by atoms with Gasteiger partial charge in [-0.2, -0.15) is 5.26 Å². The predicted molar refractivity (Wildman–Crippen MR) is 83.8 cm³/mol. The largest absolute Gasteiger partial charge is 0.294 e. The number of hydrogen-bond acceptors (Lipinski definition) is 4. The molecule has 3 rings (SSSR count). The maximum absolute atomic E-state index is 14.0. The third-order valence-corrected chi connectivity index (χ3v) is 5.92. The van der Waals surface area contributed by atoms with Crippen molar-refractivity contribution in [3.63, 3.8) is 0 Å². The molecular formula is C17H15FN2O2S. The molecule has 2 aromatic rings. The molecule has 4 nitrogen and oxygen atoms in total. The summed E-state index contributed by atoms with van der Waals surface area (Å²) in [5, 5.41) is 8.78. The van der Waals surface area contributed by atoms with Crippen LogP contribution in [0.4, 0.5) is 4.39 Å². The van der Waals surface area contributed by atoms with Crippen molar-refractivity contribution in [3.8, 4) is 6.07 Å². The first-order chi connectivity index (χ1) is 10.9. The fourth-order valence-corrected chi connectivity index (χ4v) is 4.79. The van der Waals surface area contributed by atoms with Gasteiger partial charge in [-0.05, 0) is 30.8 Å². The minimum atomic E-state index is -3.29. The van der Waals surface area contributed by atoms with Gasteiger partial charge >= 0.3 is 0 Å². The van der Waals surface area contributed by atoms with Crippen LogP contribution in [-0.4, -0.2) is 26.1 Å². The van der Waals surface area contributed by atoms with Gasteiger partial charge in [0.25, 0.3) is 0 Å². The number of fused-ring (bicyclic) bond motifs is 1. The number of halogens is 1. The van der Waals surface area contributed by atoms with Crippen molar-refractivity contribution in [1.82, 2.24) is 4.90 Å². The molecule has 118 valence electrons. The fraction of sp³-hybridized carbons (Fsp3) is 0.235. The van der Waals surface area contributed by atoms with Gasteiger partial charge in [-0.3, -0.25) is 4.90 Å². The van der Waals surface area contributed by atoms with Gasteiger partial charge in [0.2, 0.25) is 0 Å². The first kappa shape index (κ1) is 15.7. The van der Waals surface area contributed by atoms with Crippen LogP contribution in [0.1, 0.15) is 22.7 Å². The summed E-state index contributed by atoms with van der Waals surface area (Å²) in [5.74, 6) is -0.453. The van der Waals surface area contributed by atoms with Crippen molar-refractivity contribution in [2.75, 3.05) is 12.8 Å². The standard InChI is InChI=1S/C17H15FN2O2S/c1-20(10-13-7-6-12(9-19)8-15(13)18)16-11-23(21,22)17-5-3-2-4-14(16)17/h2-8,16H,10-11H2,1H3/t16-/m1/s1. The van der Waals surface area contributed by atoms with Crippen molar-refractivity contribution < 1.29 is 12.8 Å². The summed E-state index contributed by atoms with van der Waals surface area (Å²) in [6, 6.07) is 12.9. The van der Waals surface area contributed by atoms with Gasteiger partial charge in [0.1, 0.15) is 5.82 Å². The lowest BCUT2D eigenvalue weighted by molar-refractivity contribution is 0.253. The van der Waals surface area contributed by atoms with Crippen molar-refractivity contribution in [2.45, 2.75) is 17.5 Å². The lowest BCUT2D eigenvalue weighted by Crippen LogP contribution is -2.26. The van der Waals surface area contributed by atoms with Crippen molar-refractivity contribution in [1.29, 1.82) is 5.26 Å². The van der Waals surface area contributed by atoms with Crippen LogP contribution in [0.3, 0.4) is 0 Å². The van der Waals surface area contributed by atoms with E-state index < -0.39 is 15.7 Å². The molecule has 0 bridgehead atoms. The molecule has 0 fully saturated rings. The second-order valence-electron chi connectivity index (χ2n) is 5.67.